The molecule has 18 heavy (non-hydrogen) atoms. The summed E-state index contributed by atoms with van der Waals surface area (Å²) in [5.41, 5.74) is 1.35. The first kappa shape index (κ1) is 14.4. The molecule has 0 spiro atoms. The third-order valence-corrected chi connectivity index (χ3v) is 2.20. The van der Waals surface area contributed by atoms with E-state index in [0.29, 0.717) is 5.71 Å². The molecule has 0 aliphatic heterocycles. The van der Waals surface area contributed by atoms with Crippen molar-refractivity contribution in [2.75, 3.05) is 0 Å². The molecule has 0 saturated carbocycles. The average molecular weight is 248 g/mol. The second-order valence-corrected chi connectivity index (χ2v) is 5.38. The van der Waals surface area contributed by atoms with Crippen LogP contribution in [-0.4, -0.2) is 22.9 Å². The number of pyridine rings is 1. The lowest BCUT2D eigenvalue weighted by Crippen LogP contribution is -2.23. The maximum atomic E-state index is 11.7. The Balaban J connectivity index is 3.08. The molecule has 0 N–H and O–H groups in total. The van der Waals surface area contributed by atoms with Crippen LogP contribution in [-0.2, 0) is 4.74 Å². The molecule has 0 radical (unpaired) electrons. The summed E-state index contributed by atoms with van der Waals surface area (Å²) in [6.07, 6.45) is 2.65. The number of aromatic nitrogens is 1. The summed E-state index contributed by atoms with van der Waals surface area (Å²) in [5, 5.41) is 0. The van der Waals surface area contributed by atoms with Gasteiger partial charge in [-0.3, -0.25) is 4.98 Å². The van der Waals surface area contributed by atoms with E-state index >= 15 is 0 Å². The van der Waals surface area contributed by atoms with Crippen molar-refractivity contribution in [2.24, 2.45) is 10.4 Å². The van der Waals surface area contributed by atoms with Crippen LogP contribution < -0.4 is 0 Å². The van der Waals surface area contributed by atoms with Crippen LogP contribution in [0.25, 0.3) is 0 Å². The zero-order valence-corrected chi connectivity index (χ0v) is 11.6. The summed E-state index contributed by atoms with van der Waals surface area (Å²) < 4.78 is 5.06. The van der Waals surface area contributed by atoms with Crippen molar-refractivity contribution in [1.82, 2.24) is 4.98 Å². The van der Waals surface area contributed by atoms with E-state index < -0.39 is 6.09 Å². The quantitative estimate of drug-likeness (QED) is 0.753. The van der Waals surface area contributed by atoms with E-state index in [1.165, 1.54) is 0 Å². The molecule has 0 fully saturated rings. The van der Waals surface area contributed by atoms with Crippen LogP contribution in [0.3, 0.4) is 0 Å². The Hall–Kier alpha value is -1.71. The molecule has 98 valence electrons. The highest BCUT2D eigenvalue weighted by atomic mass is 16.6. The van der Waals surface area contributed by atoms with E-state index in [9.17, 15) is 4.79 Å². The number of ether oxygens (including phenoxy) is 1. The predicted octanol–water partition coefficient (Wildman–Crippen LogP) is 3.46. The molecular formula is C14H20N2O2. The minimum Gasteiger partial charge on any atom is -0.445 e. The number of rotatable bonds is 2. The Labute approximate surface area is 108 Å². The number of carbonyl (C=O) groups is 1. The monoisotopic (exact) mass is 248 g/mol. The lowest BCUT2D eigenvalue weighted by Gasteiger charge is -2.21. The zero-order valence-electron chi connectivity index (χ0n) is 11.6. The van der Waals surface area contributed by atoms with Gasteiger partial charge < -0.3 is 4.74 Å². The maximum Gasteiger partial charge on any atom is 0.434 e. The highest BCUT2D eigenvalue weighted by Crippen LogP contribution is 2.22. The maximum absolute atomic E-state index is 11.7. The molecule has 0 aliphatic carbocycles. The fourth-order valence-corrected chi connectivity index (χ4v) is 1.49. The Morgan fingerprint density at radius 2 is 1.83 bits per heavy atom. The fourth-order valence-electron chi connectivity index (χ4n) is 1.49. The molecule has 0 aromatic carbocycles. The number of hydrogen-bond acceptors (Lipinski definition) is 3. The molecule has 0 aliphatic rings. The summed E-state index contributed by atoms with van der Waals surface area (Å²) in [6, 6.07) is 3.68. The topological polar surface area (TPSA) is 51.5 Å². The van der Waals surface area contributed by atoms with Crippen molar-refractivity contribution in [2.45, 2.75) is 40.7 Å². The Bertz CT molecular complexity index is 431. The molecular weight excluding hydrogens is 228 g/mol. The normalized spacial score (nSPS) is 12.7. The van der Waals surface area contributed by atoms with E-state index in [1.54, 1.807) is 26.2 Å². The molecule has 0 saturated heterocycles. The molecule has 1 heterocycles. The Morgan fingerprint density at radius 3 is 2.28 bits per heavy atom. The van der Waals surface area contributed by atoms with Crippen LogP contribution in [0.5, 0.6) is 0 Å². The van der Waals surface area contributed by atoms with E-state index in [4.69, 9.17) is 4.74 Å². The van der Waals surface area contributed by atoms with Gasteiger partial charge in [-0.05, 0) is 31.5 Å². The molecule has 4 heteroatoms. The number of hydrogen-bond donors (Lipinski definition) is 0. The number of carbonyl (C=O) groups excluding carboxylic acids is 1. The first-order valence-corrected chi connectivity index (χ1v) is 6.01. The molecule has 1 aromatic rings. The first-order chi connectivity index (χ1) is 8.30. The fraction of sp³-hybridized carbons (Fsp3) is 0.500. The SMILES string of the molecule is CC(C)OC(=O)N=C(c1ccncc1)C(C)(C)C. The summed E-state index contributed by atoms with van der Waals surface area (Å²) >= 11 is 0. The number of amides is 1. The van der Waals surface area contributed by atoms with Crippen molar-refractivity contribution >= 4 is 11.8 Å². The van der Waals surface area contributed by atoms with Gasteiger partial charge in [0.05, 0.1) is 11.8 Å². The van der Waals surface area contributed by atoms with Gasteiger partial charge in [-0.2, -0.15) is 4.99 Å². The second-order valence-electron chi connectivity index (χ2n) is 5.38. The Morgan fingerprint density at radius 1 is 1.28 bits per heavy atom. The number of aliphatic imine (C=N–C) groups is 1. The van der Waals surface area contributed by atoms with Gasteiger partial charge in [-0.1, -0.05) is 20.8 Å². The average Bonchev–Trinajstić information content (AvgIpc) is 2.24. The molecule has 0 bridgehead atoms. The highest BCUT2D eigenvalue weighted by molar-refractivity contribution is 6.08. The minimum absolute atomic E-state index is 0.167. The van der Waals surface area contributed by atoms with Crippen molar-refractivity contribution in [1.29, 1.82) is 0 Å². The highest BCUT2D eigenvalue weighted by Gasteiger charge is 2.22. The lowest BCUT2D eigenvalue weighted by atomic mass is 9.86. The van der Waals surface area contributed by atoms with Crippen LogP contribution in [0, 0.1) is 5.41 Å². The van der Waals surface area contributed by atoms with Crippen LogP contribution in [0.2, 0.25) is 0 Å². The van der Waals surface area contributed by atoms with Gasteiger partial charge in [-0.25, -0.2) is 4.79 Å². The van der Waals surface area contributed by atoms with Gasteiger partial charge >= 0.3 is 6.09 Å². The van der Waals surface area contributed by atoms with E-state index in [2.05, 4.69) is 9.98 Å². The van der Waals surface area contributed by atoms with Crippen molar-refractivity contribution < 1.29 is 9.53 Å². The summed E-state index contributed by atoms with van der Waals surface area (Å²) in [5.74, 6) is 0. The van der Waals surface area contributed by atoms with E-state index in [0.717, 1.165) is 5.56 Å². The Kier molecular flexibility index (Phi) is 4.59. The summed E-state index contributed by atoms with van der Waals surface area (Å²) in [6.45, 7) is 9.63. The van der Waals surface area contributed by atoms with E-state index in [-0.39, 0.29) is 11.5 Å². The van der Waals surface area contributed by atoms with Gasteiger partial charge in [0.1, 0.15) is 0 Å². The first-order valence-electron chi connectivity index (χ1n) is 6.01. The molecule has 1 aromatic heterocycles. The molecule has 1 rings (SSSR count). The second kappa shape index (κ2) is 5.76. The smallest absolute Gasteiger partial charge is 0.434 e. The molecule has 0 atom stereocenters. The predicted molar refractivity (Wildman–Crippen MR) is 71.8 cm³/mol. The molecule has 0 unspecified atom stereocenters. The lowest BCUT2D eigenvalue weighted by molar-refractivity contribution is 0.125. The standard InChI is InChI=1S/C14H20N2O2/c1-10(2)18-13(17)16-12(14(3,4)5)11-6-8-15-9-7-11/h6-10H,1-5H3. The summed E-state index contributed by atoms with van der Waals surface area (Å²) in [4.78, 5) is 19.7. The van der Waals surface area contributed by atoms with Crippen LogP contribution >= 0.6 is 0 Å². The van der Waals surface area contributed by atoms with Gasteiger partial charge in [0.2, 0.25) is 0 Å². The van der Waals surface area contributed by atoms with Gasteiger partial charge in [0.15, 0.2) is 0 Å². The molecule has 1 amide bonds. The summed E-state index contributed by atoms with van der Waals surface area (Å²) in [7, 11) is 0. The van der Waals surface area contributed by atoms with Gasteiger partial charge in [0, 0.05) is 17.8 Å². The van der Waals surface area contributed by atoms with Gasteiger partial charge in [-0.15, -0.1) is 0 Å². The zero-order chi connectivity index (χ0) is 13.8. The van der Waals surface area contributed by atoms with Crippen LogP contribution in [0.1, 0.15) is 40.2 Å². The third-order valence-electron chi connectivity index (χ3n) is 2.20. The van der Waals surface area contributed by atoms with Crippen LogP contribution in [0.15, 0.2) is 29.5 Å². The van der Waals surface area contributed by atoms with Gasteiger partial charge in [0.25, 0.3) is 0 Å². The van der Waals surface area contributed by atoms with Crippen molar-refractivity contribution in [3.63, 3.8) is 0 Å². The van der Waals surface area contributed by atoms with E-state index in [1.807, 2.05) is 32.9 Å². The number of nitrogens with zero attached hydrogens (tertiary/aromatic N) is 2. The minimum atomic E-state index is -0.549. The van der Waals surface area contributed by atoms with Crippen molar-refractivity contribution in [3.8, 4) is 0 Å². The molecule has 4 nitrogen and oxygen atoms in total. The third kappa shape index (κ3) is 4.28. The largest absolute Gasteiger partial charge is 0.445 e. The van der Waals surface area contributed by atoms with Crippen LogP contribution in [0.4, 0.5) is 4.79 Å². The van der Waals surface area contributed by atoms with Crippen molar-refractivity contribution in [3.05, 3.63) is 30.1 Å².